The normalized spacial score (nSPS) is 17.4. The Balaban J connectivity index is 2.14. The third-order valence-corrected chi connectivity index (χ3v) is 2.84. The van der Waals surface area contributed by atoms with E-state index in [9.17, 15) is 9.18 Å². The Kier molecular flexibility index (Phi) is 2.22. The molecule has 1 aliphatic rings. The second-order valence-corrected chi connectivity index (χ2v) is 3.99. The van der Waals surface area contributed by atoms with E-state index in [4.69, 9.17) is 5.73 Å². The number of fused-ring (bicyclic) bond motifs is 1. The molecule has 6 heteroatoms. The molecular formula is C12H9FN4O. The van der Waals surface area contributed by atoms with Crippen LogP contribution in [0.1, 0.15) is 17.2 Å². The summed E-state index contributed by atoms with van der Waals surface area (Å²) in [6.07, 6.45) is 1.47. The van der Waals surface area contributed by atoms with E-state index >= 15 is 0 Å². The number of anilines is 2. The number of benzene rings is 1. The van der Waals surface area contributed by atoms with Gasteiger partial charge < -0.3 is 11.1 Å². The lowest BCUT2D eigenvalue weighted by Gasteiger charge is -2.08. The van der Waals surface area contributed by atoms with Crippen LogP contribution in [0.3, 0.4) is 0 Å². The molecule has 0 aliphatic carbocycles. The van der Waals surface area contributed by atoms with Gasteiger partial charge in [0.2, 0.25) is 11.9 Å². The predicted octanol–water partition coefficient (Wildman–Crippen LogP) is 1.28. The predicted molar refractivity (Wildman–Crippen MR) is 63.3 cm³/mol. The molecule has 90 valence electrons. The SMILES string of the molecule is Nc1nccc(C2C(=O)Nc3ccc(F)cc32)n1. The topological polar surface area (TPSA) is 80.9 Å². The molecular weight excluding hydrogens is 235 g/mol. The minimum absolute atomic E-state index is 0.0881. The molecule has 1 aliphatic heterocycles. The summed E-state index contributed by atoms with van der Waals surface area (Å²) in [6, 6.07) is 5.76. The maximum atomic E-state index is 13.3. The Bertz CT molecular complexity index is 644. The highest BCUT2D eigenvalue weighted by molar-refractivity contribution is 6.04. The average Bonchev–Trinajstić information content (AvgIpc) is 2.64. The van der Waals surface area contributed by atoms with Crippen molar-refractivity contribution in [2.45, 2.75) is 5.92 Å². The summed E-state index contributed by atoms with van der Waals surface area (Å²) in [5, 5.41) is 2.69. The molecule has 1 atom stereocenters. The zero-order valence-corrected chi connectivity index (χ0v) is 9.22. The van der Waals surface area contributed by atoms with Gasteiger partial charge in [0.25, 0.3) is 0 Å². The van der Waals surface area contributed by atoms with Gasteiger partial charge in [-0.25, -0.2) is 14.4 Å². The lowest BCUT2D eigenvalue weighted by atomic mass is 9.97. The fraction of sp³-hybridized carbons (Fsp3) is 0.0833. The van der Waals surface area contributed by atoms with Crippen LogP contribution < -0.4 is 11.1 Å². The van der Waals surface area contributed by atoms with Crippen LogP contribution in [0, 0.1) is 5.82 Å². The van der Waals surface area contributed by atoms with Crippen molar-refractivity contribution in [3.05, 3.63) is 47.5 Å². The summed E-state index contributed by atoms with van der Waals surface area (Å²) < 4.78 is 13.3. The zero-order chi connectivity index (χ0) is 12.7. The number of nitrogen functional groups attached to an aromatic ring is 1. The van der Waals surface area contributed by atoms with Crippen LogP contribution >= 0.6 is 0 Å². The lowest BCUT2D eigenvalue weighted by molar-refractivity contribution is -0.116. The Labute approximate surface area is 102 Å². The fourth-order valence-corrected chi connectivity index (χ4v) is 2.08. The van der Waals surface area contributed by atoms with Gasteiger partial charge in [-0.2, -0.15) is 0 Å². The third-order valence-electron chi connectivity index (χ3n) is 2.84. The number of nitrogens with one attached hydrogen (secondary N) is 1. The highest BCUT2D eigenvalue weighted by Crippen LogP contribution is 2.36. The van der Waals surface area contributed by atoms with Crippen LogP contribution in [0.25, 0.3) is 0 Å². The summed E-state index contributed by atoms with van der Waals surface area (Å²) in [6.45, 7) is 0. The molecule has 18 heavy (non-hydrogen) atoms. The number of carbonyl (C=O) groups excluding carboxylic acids is 1. The van der Waals surface area contributed by atoms with Crippen LogP contribution in [-0.2, 0) is 4.79 Å². The first-order chi connectivity index (χ1) is 8.65. The van der Waals surface area contributed by atoms with Crippen LogP contribution in [-0.4, -0.2) is 15.9 Å². The number of amides is 1. The highest BCUT2D eigenvalue weighted by Gasteiger charge is 2.33. The van der Waals surface area contributed by atoms with Crippen molar-refractivity contribution >= 4 is 17.5 Å². The van der Waals surface area contributed by atoms with Gasteiger partial charge in [-0.05, 0) is 29.8 Å². The first-order valence-electron chi connectivity index (χ1n) is 5.34. The minimum atomic E-state index is -0.638. The molecule has 0 spiro atoms. The molecule has 0 saturated heterocycles. The second-order valence-electron chi connectivity index (χ2n) is 3.99. The molecule has 1 amide bonds. The number of carbonyl (C=O) groups is 1. The van der Waals surface area contributed by atoms with E-state index in [0.717, 1.165) is 0 Å². The monoisotopic (exact) mass is 244 g/mol. The Morgan fingerprint density at radius 3 is 2.94 bits per heavy atom. The molecule has 1 aromatic carbocycles. The van der Waals surface area contributed by atoms with Crippen LogP contribution in [0.15, 0.2) is 30.5 Å². The van der Waals surface area contributed by atoms with E-state index in [0.29, 0.717) is 16.9 Å². The van der Waals surface area contributed by atoms with Gasteiger partial charge in [0.05, 0.1) is 5.69 Å². The molecule has 0 bridgehead atoms. The van der Waals surface area contributed by atoms with Crippen molar-refractivity contribution in [1.29, 1.82) is 0 Å². The van der Waals surface area contributed by atoms with Crippen molar-refractivity contribution in [2.75, 3.05) is 11.1 Å². The number of rotatable bonds is 1. The van der Waals surface area contributed by atoms with Crippen molar-refractivity contribution in [3.8, 4) is 0 Å². The quantitative estimate of drug-likeness (QED) is 0.791. The van der Waals surface area contributed by atoms with Crippen molar-refractivity contribution in [1.82, 2.24) is 9.97 Å². The van der Waals surface area contributed by atoms with Gasteiger partial charge in [0.15, 0.2) is 0 Å². The van der Waals surface area contributed by atoms with Crippen molar-refractivity contribution in [2.24, 2.45) is 0 Å². The highest BCUT2D eigenvalue weighted by atomic mass is 19.1. The number of halogens is 1. The van der Waals surface area contributed by atoms with Gasteiger partial charge in [-0.15, -0.1) is 0 Å². The van der Waals surface area contributed by atoms with Crippen LogP contribution in [0.2, 0.25) is 0 Å². The second kappa shape index (κ2) is 3.76. The summed E-state index contributed by atoms with van der Waals surface area (Å²) in [7, 11) is 0. The zero-order valence-electron chi connectivity index (χ0n) is 9.22. The van der Waals surface area contributed by atoms with E-state index in [1.165, 1.54) is 24.4 Å². The maximum Gasteiger partial charge on any atom is 0.238 e. The summed E-state index contributed by atoms with van der Waals surface area (Å²) in [4.78, 5) is 19.7. The van der Waals surface area contributed by atoms with Gasteiger partial charge in [0.1, 0.15) is 11.7 Å². The lowest BCUT2D eigenvalue weighted by Crippen LogP contribution is -2.15. The molecule has 5 nitrogen and oxygen atoms in total. The largest absolute Gasteiger partial charge is 0.368 e. The number of hydrogen-bond donors (Lipinski definition) is 2. The molecule has 1 unspecified atom stereocenters. The van der Waals surface area contributed by atoms with Crippen molar-refractivity contribution in [3.63, 3.8) is 0 Å². The van der Waals surface area contributed by atoms with Gasteiger partial charge >= 0.3 is 0 Å². The van der Waals surface area contributed by atoms with E-state index in [2.05, 4.69) is 15.3 Å². The Morgan fingerprint density at radius 2 is 2.17 bits per heavy atom. The Morgan fingerprint density at radius 1 is 1.33 bits per heavy atom. The minimum Gasteiger partial charge on any atom is -0.368 e. The van der Waals surface area contributed by atoms with E-state index in [-0.39, 0.29) is 11.9 Å². The summed E-state index contributed by atoms with van der Waals surface area (Å²) in [5.41, 5.74) is 7.12. The smallest absolute Gasteiger partial charge is 0.238 e. The van der Waals surface area contributed by atoms with Crippen molar-refractivity contribution < 1.29 is 9.18 Å². The van der Waals surface area contributed by atoms with E-state index in [1.54, 1.807) is 6.07 Å². The van der Waals surface area contributed by atoms with E-state index < -0.39 is 11.7 Å². The summed E-state index contributed by atoms with van der Waals surface area (Å²) >= 11 is 0. The molecule has 0 saturated carbocycles. The first kappa shape index (κ1) is 10.6. The van der Waals surface area contributed by atoms with Crippen LogP contribution in [0.5, 0.6) is 0 Å². The number of aromatic nitrogens is 2. The Hall–Kier alpha value is -2.50. The maximum absolute atomic E-state index is 13.3. The molecule has 3 rings (SSSR count). The molecule has 0 fully saturated rings. The molecule has 2 aromatic rings. The number of nitrogens with zero attached hydrogens (tertiary/aromatic N) is 2. The molecule has 3 N–H and O–H groups in total. The summed E-state index contributed by atoms with van der Waals surface area (Å²) in [5.74, 6) is -1.18. The number of nitrogens with two attached hydrogens (primary N) is 1. The van der Waals surface area contributed by atoms with Gasteiger partial charge in [0, 0.05) is 11.9 Å². The van der Waals surface area contributed by atoms with E-state index in [1.807, 2.05) is 0 Å². The average molecular weight is 244 g/mol. The van der Waals surface area contributed by atoms with Gasteiger partial charge in [-0.1, -0.05) is 0 Å². The standard InChI is InChI=1S/C12H9FN4O/c13-6-1-2-8-7(5-6)10(11(18)16-8)9-3-4-15-12(14)17-9/h1-5,10H,(H,16,18)(H2,14,15,17). The number of hydrogen-bond acceptors (Lipinski definition) is 4. The first-order valence-corrected chi connectivity index (χ1v) is 5.34. The van der Waals surface area contributed by atoms with Crippen LogP contribution in [0.4, 0.5) is 16.0 Å². The molecule has 2 heterocycles. The molecule has 0 radical (unpaired) electrons. The van der Waals surface area contributed by atoms with Gasteiger partial charge in [-0.3, -0.25) is 4.79 Å². The molecule has 1 aromatic heterocycles. The fourth-order valence-electron chi connectivity index (χ4n) is 2.08. The third kappa shape index (κ3) is 1.58.